The Kier molecular flexibility index (Phi) is 8.23. The van der Waals surface area contributed by atoms with E-state index in [1.165, 1.54) is 22.7 Å². The quantitative estimate of drug-likeness (QED) is 0.173. The molecule has 214 valence electrons. The predicted molar refractivity (Wildman–Crippen MR) is 171 cm³/mol. The number of nitrogens with zero attached hydrogens (tertiary/aromatic N) is 3. The highest BCUT2D eigenvalue weighted by molar-refractivity contribution is 7.10. The van der Waals surface area contributed by atoms with Gasteiger partial charge in [-0.25, -0.2) is 9.79 Å². The smallest absolute Gasteiger partial charge is 0.338 e. The van der Waals surface area contributed by atoms with Crippen LogP contribution in [0.2, 0.25) is 10.0 Å². The van der Waals surface area contributed by atoms with Crippen LogP contribution >= 0.6 is 45.9 Å². The number of aromatic nitrogens is 2. The summed E-state index contributed by atoms with van der Waals surface area (Å²) in [6.07, 6.45) is 5.40. The number of benzene rings is 2. The minimum Gasteiger partial charge on any atom is -0.463 e. The SMILES string of the molecule is CCCC1=C(C(=O)OCC)[C@H](c2cccs2)n2c(s/c(=C/c3cn(Cc4ccc(Cl)c(Cl)c4)c4ccccc34)c2=O)=N1. The van der Waals surface area contributed by atoms with Gasteiger partial charge in [0.15, 0.2) is 4.80 Å². The second-order valence-electron chi connectivity index (χ2n) is 9.91. The molecule has 1 aliphatic heterocycles. The standard InChI is InChI=1S/C32H27Cl2N3O3S2/c1-3-8-24-28(31(39)40-4-2)29(26-11-7-14-41-26)37-30(38)27(42-32(37)35-24)16-20-18-36(25-10-6-5-9-21(20)25)17-19-12-13-22(33)23(34)15-19/h5-7,9-16,18,29H,3-4,8,17H2,1-2H3/b27-16+/t29-/m0/s1. The number of rotatable bonds is 8. The van der Waals surface area contributed by atoms with Gasteiger partial charge in [0.25, 0.3) is 5.56 Å². The molecule has 0 bridgehead atoms. The van der Waals surface area contributed by atoms with Crippen molar-refractivity contribution in [2.75, 3.05) is 6.61 Å². The number of hydrogen-bond acceptors (Lipinski definition) is 6. The van der Waals surface area contributed by atoms with Crippen LogP contribution in [0.15, 0.2) is 87.2 Å². The van der Waals surface area contributed by atoms with Gasteiger partial charge in [0.2, 0.25) is 0 Å². The average Bonchev–Trinajstić information content (AvgIpc) is 3.70. The van der Waals surface area contributed by atoms with Crippen LogP contribution in [0.25, 0.3) is 17.0 Å². The highest BCUT2D eigenvalue weighted by atomic mass is 35.5. The minimum atomic E-state index is -0.583. The van der Waals surface area contributed by atoms with Crippen molar-refractivity contribution in [2.45, 2.75) is 39.3 Å². The molecule has 6 nitrogen and oxygen atoms in total. The Bertz CT molecular complexity index is 2020. The van der Waals surface area contributed by atoms with Gasteiger partial charge in [-0.15, -0.1) is 11.3 Å². The van der Waals surface area contributed by atoms with Crippen molar-refractivity contribution in [3.63, 3.8) is 0 Å². The molecule has 3 aromatic heterocycles. The first kappa shape index (κ1) is 28.7. The molecule has 0 spiro atoms. The van der Waals surface area contributed by atoms with E-state index in [-0.39, 0.29) is 12.2 Å². The zero-order valence-electron chi connectivity index (χ0n) is 23.0. The van der Waals surface area contributed by atoms with Crippen LogP contribution in [0, 0.1) is 0 Å². The minimum absolute atomic E-state index is 0.184. The first-order valence-electron chi connectivity index (χ1n) is 13.7. The molecule has 0 unspecified atom stereocenters. The number of hydrogen-bond donors (Lipinski definition) is 0. The molecule has 4 heterocycles. The van der Waals surface area contributed by atoms with E-state index in [0.29, 0.717) is 43.6 Å². The molecule has 0 fully saturated rings. The van der Waals surface area contributed by atoms with Gasteiger partial charge < -0.3 is 9.30 Å². The number of ether oxygens (including phenoxy) is 1. The zero-order valence-corrected chi connectivity index (χ0v) is 26.1. The lowest BCUT2D eigenvalue weighted by atomic mass is 9.99. The Hall–Kier alpha value is -3.43. The average molecular weight is 637 g/mol. The van der Waals surface area contributed by atoms with Crippen LogP contribution < -0.4 is 14.9 Å². The van der Waals surface area contributed by atoms with E-state index in [0.717, 1.165) is 33.3 Å². The van der Waals surface area contributed by atoms with Crippen molar-refractivity contribution in [2.24, 2.45) is 4.99 Å². The monoisotopic (exact) mass is 635 g/mol. The topological polar surface area (TPSA) is 65.6 Å². The first-order chi connectivity index (χ1) is 20.4. The van der Waals surface area contributed by atoms with E-state index < -0.39 is 12.0 Å². The van der Waals surface area contributed by atoms with E-state index >= 15 is 0 Å². The summed E-state index contributed by atoms with van der Waals surface area (Å²) in [5.74, 6) is -0.428. The van der Waals surface area contributed by atoms with Crippen molar-refractivity contribution >= 4 is 68.8 Å². The van der Waals surface area contributed by atoms with Gasteiger partial charge in [-0.2, -0.15) is 0 Å². The number of carbonyl (C=O) groups is 1. The molecule has 6 rings (SSSR count). The molecular weight excluding hydrogens is 609 g/mol. The Balaban J connectivity index is 1.51. The van der Waals surface area contributed by atoms with Gasteiger partial charge in [0.1, 0.15) is 6.04 Å². The molecule has 0 N–H and O–H groups in total. The molecule has 0 amide bonds. The third kappa shape index (κ3) is 5.28. The summed E-state index contributed by atoms with van der Waals surface area (Å²) in [5, 5.41) is 4.01. The summed E-state index contributed by atoms with van der Waals surface area (Å²) in [6.45, 7) is 4.67. The number of carbonyl (C=O) groups excluding carboxylic acids is 1. The van der Waals surface area contributed by atoms with Gasteiger partial charge in [-0.05, 0) is 54.6 Å². The highest BCUT2D eigenvalue weighted by Crippen LogP contribution is 2.35. The third-order valence-electron chi connectivity index (χ3n) is 7.15. The second-order valence-corrected chi connectivity index (χ2v) is 12.7. The van der Waals surface area contributed by atoms with Gasteiger partial charge >= 0.3 is 5.97 Å². The molecule has 0 saturated heterocycles. The van der Waals surface area contributed by atoms with Crippen LogP contribution in [0.4, 0.5) is 0 Å². The second kappa shape index (κ2) is 12.1. The van der Waals surface area contributed by atoms with Gasteiger partial charge in [0.05, 0.1) is 32.5 Å². The van der Waals surface area contributed by atoms with Crippen molar-refractivity contribution in [1.82, 2.24) is 9.13 Å². The van der Waals surface area contributed by atoms with Crippen molar-refractivity contribution in [3.05, 3.63) is 123 Å². The van der Waals surface area contributed by atoms with E-state index in [2.05, 4.69) is 29.8 Å². The number of halogens is 2. The van der Waals surface area contributed by atoms with Crippen LogP contribution in [0.5, 0.6) is 0 Å². The zero-order chi connectivity index (χ0) is 29.4. The number of thiazole rings is 1. The Morgan fingerprint density at radius 2 is 1.93 bits per heavy atom. The molecule has 0 aliphatic carbocycles. The van der Waals surface area contributed by atoms with E-state index in [9.17, 15) is 9.59 Å². The van der Waals surface area contributed by atoms with Crippen LogP contribution in [-0.2, 0) is 16.1 Å². The normalized spacial score (nSPS) is 15.2. The number of fused-ring (bicyclic) bond motifs is 2. The maximum Gasteiger partial charge on any atom is 0.338 e. The van der Waals surface area contributed by atoms with Gasteiger partial charge in [0, 0.05) is 34.1 Å². The molecule has 2 aromatic carbocycles. The number of para-hydroxylation sites is 1. The summed E-state index contributed by atoms with van der Waals surface area (Å²) in [4.78, 5) is 33.7. The fourth-order valence-electron chi connectivity index (χ4n) is 5.33. The van der Waals surface area contributed by atoms with Crippen molar-refractivity contribution in [3.8, 4) is 0 Å². The summed E-state index contributed by atoms with van der Waals surface area (Å²) in [6, 6.07) is 17.0. The molecule has 0 radical (unpaired) electrons. The summed E-state index contributed by atoms with van der Waals surface area (Å²) >= 11 is 15.3. The molecule has 42 heavy (non-hydrogen) atoms. The fraction of sp³-hybridized carbons (Fsp3) is 0.219. The summed E-state index contributed by atoms with van der Waals surface area (Å²) < 4.78 is 9.82. The number of thiophene rings is 1. The highest BCUT2D eigenvalue weighted by Gasteiger charge is 2.34. The third-order valence-corrected chi connectivity index (χ3v) is 9.79. The molecule has 0 saturated carbocycles. The van der Waals surface area contributed by atoms with E-state index in [1.807, 2.05) is 47.9 Å². The number of allylic oxidation sites excluding steroid dienone is 1. The fourth-order valence-corrected chi connectivity index (χ4v) is 7.49. The Labute approximate surface area is 260 Å². The van der Waals surface area contributed by atoms with Crippen molar-refractivity contribution < 1.29 is 9.53 Å². The van der Waals surface area contributed by atoms with Gasteiger partial charge in [-0.3, -0.25) is 9.36 Å². The van der Waals surface area contributed by atoms with Crippen LogP contribution in [-0.4, -0.2) is 21.7 Å². The molecule has 1 atom stereocenters. The van der Waals surface area contributed by atoms with Crippen LogP contribution in [0.3, 0.4) is 0 Å². The molecule has 5 aromatic rings. The molecule has 1 aliphatic rings. The summed E-state index contributed by atoms with van der Waals surface area (Å²) in [7, 11) is 0. The summed E-state index contributed by atoms with van der Waals surface area (Å²) in [5.41, 5.74) is 3.91. The predicted octanol–water partition coefficient (Wildman–Crippen LogP) is 6.95. The maximum absolute atomic E-state index is 14.1. The Morgan fingerprint density at radius 1 is 1.10 bits per heavy atom. The number of esters is 1. The maximum atomic E-state index is 14.1. The lowest BCUT2D eigenvalue weighted by Crippen LogP contribution is -2.39. The largest absolute Gasteiger partial charge is 0.463 e. The van der Waals surface area contributed by atoms with Crippen LogP contribution in [0.1, 0.15) is 48.7 Å². The van der Waals surface area contributed by atoms with E-state index in [1.54, 1.807) is 17.6 Å². The Morgan fingerprint density at radius 3 is 2.67 bits per heavy atom. The van der Waals surface area contributed by atoms with E-state index in [4.69, 9.17) is 32.9 Å². The van der Waals surface area contributed by atoms with Gasteiger partial charge in [-0.1, -0.05) is 78.2 Å². The lowest BCUT2D eigenvalue weighted by molar-refractivity contribution is -0.139. The van der Waals surface area contributed by atoms with Crippen molar-refractivity contribution in [1.29, 1.82) is 0 Å². The molecular formula is C32H27Cl2N3O3S2. The lowest BCUT2D eigenvalue weighted by Gasteiger charge is -2.24. The molecule has 10 heteroatoms. The first-order valence-corrected chi connectivity index (χ1v) is 16.1.